The van der Waals surface area contributed by atoms with Gasteiger partial charge in [0.15, 0.2) is 8.03 Å². The van der Waals surface area contributed by atoms with Crippen LogP contribution in [0.1, 0.15) is 49.4 Å². The monoisotopic (exact) mass is 495 g/mol. The van der Waals surface area contributed by atoms with Crippen LogP contribution in [0.5, 0.6) is 0 Å². The van der Waals surface area contributed by atoms with Crippen LogP contribution in [0.2, 0.25) is 0 Å². The van der Waals surface area contributed by atoms with Gasteiger partial charge < -0.3 is 9.63 Å². The second kappa shape index (κ2) is 12.6. The minimum absolute atomic E-state index is 0.0207. The normalized spacial score (nSPS) is 12.4. The highest BCUT2D eigenvalue weighted by Crippen LogP contribution is 2.38. The van der Waals surface area contributed by atoms with Crippen molar-refractivity contribution in [3.8, 4) is 22.4 Å². The van der Waals surface area contributed by atoms with Gasteiger partial charge in [0.25, 0.3) is 0 Å². The SMILES string of the molecule is Cc1c(-c2ccccc2)nc(C(C)C)c(C=CCO[PH](=O)CCCC(=O)O)c1-c1ccc(F)cc1. The molecule has 1 N–H and O–H groups in total. The van der Waals surface area contributed by atoms with E-state index in [-0.39, 0.29) is 30.9 Å². The summed E-state index contributed by atoms with van der Waals surface area (Å²) in [7, 11) is -2.30. The summed E-state index contributed by atoms with van der Waals surface area (Å²) in [5.41, 5.74) is 6.54. The molecule has 1 aromatic heterocycles. The Balaban J connectivity index is 2.00. The molecule has 5 nitrogen and oxygen atoms in total. The van der Waals surface area contributed by atoms with Crippen LogP contribution in [-0.4, -0.2) is 28.8 Å². The first-order valence-corrected chi connectivity index (χ1v) is 13.2. The lowest BCUT2D eigenvalue weighted by molar-refractivity contribution is -0.137. The summed E-state index contributed by atoms with van der Waals surface area (Å²) in [5.74, 6) is -1.09. The number of carboxylic acid groups (broad SMARTS) is 1. The maximum absolute atomic E-state index is 13.7. The summed E-state index contributed by atoms with van der Waals surface area (Å²) in [6, 6.07) is 16.4. The van der Waals surface area contributed by atoms with Crippen molar-refractivity contribution in [1.29, 1.82) is 0 Å². The first-order chi connectivity index (χ1) is 16.8. The van der Waals surface area contributed by atoms with Crippen LogP contribution in [0.15, 0.2) is 60.7 Å². The van der Waals surface area contributed by atoms with E-state index in [1.54, 1.807) is 18.2 Å². The third-order valence-corrected chi connectivity index (χ3v) is 6.88. The van der Waals surface area contributed by atoms with E-state index in [4.69, 9.17) is 14.6 Å². The summed E-state index contributed by atoms with van der Waals surface area (Å²) in [5, 5.41) is 8.72. The highest BCUT2D eigenvalue weighted by atomic mass is 31.1. The molecule has 1 heterocycles. The Morgan fingerprint density at radius 3 is 2.43 bits per heavy atom. The van der Waals surface area contributed by atoms with Gasteiger partial charge in [-0.15, -0.1) is 0 Å². The molecule has 0 spiro atoms. The first kappa shape index (κ1) is 26.5. The lowest BCUT2D eigenvalue weighted by Gasteiger charge is -2.20. The molecular weight excluding hydrogens is 464 g/mol. The van der Waals surface area contributed by atoms with Crippen LogP contribution in [0.25, 0.3) is 28.5 Å². The van der Waals surface area contributed by atoms with E-state index >= 15 is 0 Å². The van der Waals surface area contributed by atoms with Gasteiger partial charge in [-0.3, -0.25) is 14.3 Å². The zero-order valence-corrected chi connectivity index (χ0v) is 21.3. The Kier molecular flexibility index (Phi) is 9.53. The van der Waals surface area contributed by atoms with Crippen LogP contribution >= 0.6 is 8.03 Å². The van der Waals surface area contributed by atoms with Gasteiger partial charge >= 0.3 is 5.97 Å². The Morgan fingerprint density at radius 1 is 1.11 bits per heavy atom. The number of aromatic nitrogens is 1. The van der Waals surface area contributed by atoms with E-state index in [1.807, 2.05) is 43.3 Å². The van der Waals surface area contributed by atoms with Crippen molar-refractivity contribution in [3.63, 3.8) is 0 Å². The number of carbonyl (C=O) groups is 1. The Morgan fingerprint density at radius 2 is 1.80 bits per heavy atom. The molecule has 3 aromatic rings. The van der Waals surface area contributed by atoms with E-state index in [9.17, 15) is 13.8 Å². The fourth-order valence-electron chi connectivity index (χ4n) is 3.95. The smallest absolute Gasteiger partial charge is 0.303 e. The Bertz CT molecular complexity index is 1210. The molecule has 0 radical (unpaired) electrons. The fraction of sp³-hybridized carbons (Fsp3) is 0.286. The first-order valence-electron chi connectivity index (χ1n) is 11.7. The second-order valence-electron chi connectivity index (χ2n) is 8.62. The molecule has 1 unspecified atom stereocenters. The second-order valence-corrected chi connectivity index (χ2v) is 10.2. The van der Waals surface area contributed by atoms with Crippen LogP contribution in [0.3, 0.4) is 0 Å². The number of aliphatic carboxylic acids is 1. The van der Waals surface area contributed by atoms with Gasteiger partial charge in [-0.2, -0.15) is 0 Å². The number of halogens is 1. The van der Waals surface area contributed by atoms with Crippen LogP contribution in [0.4, 0.5) is 4.39 Å². The third kappa shape index (κ3) is 7.20. The molecule has 0 aliphatic heterocycles. The van der Waals surface area contributed by atoms with Gasteiger partial charge in [0.05, 0.1) is 18.0 Å². The van der Waals surface area contributed by atoms with E-state index in [1.165, 1.54) is 12.1 Å². The Hall–Kier alpha value is -3.08. The van der Waals surface area contributed by atoms with Crippen LogP contribution in [-0.2, 0) is 13.9 Å². The topological polar surface area (TPSA) is 76.5 Å². The third-order valence-electron chi connectivity index (χ3n) is 5.63. The Labute approximate surface area is 206 Å². The van der Waals surface area contributed by atoms with E-state index in [2.05, 4.69) is 13.8 Å². The van der Waals surface area contributed by atoms with Crippen molar-refractivity contribution >= 4 is 20.1 Å². The zero-order chi connectivity index (χ0) is 25.4. The van der Waals surface area contributed by atoms with E-state index < -0.39 is 14.0 Å². The molecule has 3 rings (SSSR count). The minimum atomic E-state index is -2.30. The molecule has 0 aliphatic carbocycles. The van der Waals surface area contributed by atoms with Crippen molar-refractivity contribution in [2.45, 2.75) is 39.5 Å². The molecule has 0 bridgehead atoms. The molecule has 0 saturated carbocycles. The highest BCUT2D eigenvalue weighted by molar-refractivity contribution is 7.39. The standard InChI is InChI=1S/C28H31FNO4P/c1-19(2)27-24(11-7-17-34-35(33)18-8-12-25(31)32)26(21-13-15-23(29)16-14-21)20(3)28(30-27)22-9-5-4-6-10-22/h4-7,9-11,13-16,19,35H,8,12,17-18H2,1-3H3,(H,31,32). The number of rotatable bonds is 11. The molecule has 35 heavy (non-hydrogen) atoms. The predicted molar refractivity (Wildman–Crippen MR) is 140 cm³/mol. The van der Waals surface area contributed by atoms with Gasteiger partial charge in [-0.25, -0.2) is 4.39 Å². The van der Waals surface area contributed by atoms with Gasteiger partial charge in [0, 0.05) is 23.7 Å². The molecule has 1 atom stereocenters. The van der Waals surface area contributed by atoms with Gasteiger partial charge in [-0.1, -0.05) is 68.5 Å². The number of carboxylic acids is 1. The van der Waals surface area contributed by atoms with Gasteiger partial charge in [0.1, 0.15) is 5.82 Å². The molecule has 2 aromatic carbocycles. The molecule has 0 aliphatic rings. The predicted octanol–water partition coefficient (Wildman–Crippen LogP) is 7.36. The van der Waals surface area contributed by atoms with Crippen molar-refractivity contribution < 1.29 is 23.4 Å². The van der Waals surface area contributed by atoms with E-state index in [0.717, 1.165) is 39.2 Å². The quantitative estimate of drug-likeness (QED) is 0.281. The number of hydrogen-bond donors (Lipinski definition) is 1. The van der Waals surface area contributed by atoms with Crippen molar-refractivity contribution in [1.82, 2.24) is 4.98 Å². The van der Waals surface area contributed by atoms with Crippen LogP contribution < -0.4 is 0 Å². The number of benzene rings is 2. The lowest BCUT2D eigenvalue weighted by atomic mass is 9.88. The average Bonchev–Trinajstić information content (AvgIpc) is 2.83. The maximum atomic E-state index is 13.7. The molecule has 0 fully saturated rings. The molecule has 0 amide bonds. The van der Waals surface area contributed by atoms with Crippen LogP contribution in [0, 0.1) is 12.7 Å². The number of nitrogens with zero attached hydrogens (tertiary/aromatic N) is 1. The summed E-state index contributed by atoms with van der Waals surface area (Å²) in [6.45, 7) is 6.32. The van der Waals surface area contributed by atoms with Gasteiger partial charge in [-0.05, 0) is 48.1 Å². The van der Waals surface area contributed by atoms with Gasteiger partial charge in [0.2, 0.25) is 0 Å². The fourth-order valence-corrected chi connectivity index (χ4v) is 4.84. The molecule has 184 valence electrons. The highest BCUT2D eigenvalue weighted by Gasteiger charge is 2.20. The minimum Gasteiger partial charge on any atom is -0.481 e. The summed E-state index contributed by atoms with van der Waals surface area (Å²) in [6.07, 6.45) is 4.28. The average molecular weight is 496 g/mol. The summed E-state index contributed by atoms with van der Waals surface area (Å²) < 4.78 is 31.2. The maximum Gasteiger partial charge on any atom is 0.303 e. The van der Waals surface area contributed by atoms with Crippen molar-refractivity contribution in [2.24, 2.45) is 0 Å². The largest absolute Gasteiger partial charge is 0.481 e. The van der Waals surface area contributed by atoms with Crippen molar-refractivity contribution in [3.05, 3.63) is 83.3 Å². The number of hydrogen-bond acceptors (Lipinski definition) is 4. The molecule has 7 heteroatoms. The van der Waals surface area contributed by atoms with Crippen molar-refractivity contribution in [2.75, 3.05) is 12.8 Å². The molecular formula is C28H31FNO4P. The zero-order valence-electron chi connectivity index (χ0n) is 20.3. The summed E-state index contributed by atoms with van der Waals surface area (Å²) >= 11 is 0. The number of pyridine rings is 1. The van der Waals surface area contributed by atoms with E-state index in [0.29, 0.717) is 6.42 Å². The summed E-state index contributed by atoms with van der Waals surface area (Å²) in [4.78, 5) is 15.7. The molecule has 0 saturated heterocycles. The lowest BCUT2D eigenvalue weighted by Crippen LogP contribution is -2.05.